The summed E-state index contributed by atoms with van der Waals surface area (Å²) in [4.78, 5) is 1.37. The van der Waals surface area contributed by atoms with Gasteiger partial charge in [0.05, 0.1) is 6.04 Å². The molecule has 2 aromatic carbocycles. The second kappa shape index (κ2) is 9.47. The van der Waals surface area contributed by atoms with E-state index in [0.717, 1.165) is 37.3 Å². The van der Waals surface area contributed by atoms with Gasteiger partial charge in [-0.05, 0) is 35.4 Å². The van der Waals surface area contributed by atoms with E-state index in [2.05, 4.69) is 58.3 Å². The van der Waals surface area contributed by atoms with E-state index in [4.69, 9.17) is 0 Å². The number of nitrogens with one attached hydrogen (secondary N) is 1. The highest BCUT2D eigenvalue weighted by Crippen LogP contribution is 2.31. The summed E-state index contributed by atoms with van der Waals surface area (Å²) in [6.07, 6.45) is 4.78. The maximum Gasteiger partial charge on any atom is 0.209 e. The number of benzene rings is 2. The van der Waals surface area contributed by atoms with Crippen LogP contribution >= 0.6 is 0 Å². The minimum Gasteiger partial charge on any atom is -0.318 e. The zero-order chi connectivity index (χ0) is 20.9. The molecule has 1 N–H and O–H groups in total. The van der Waals surface area contributed by atoms with Crippen molar-refractivity contribution in [2.75, 3.05) is 0 Å². The molecule has 30 heavy (non-hydrogen) atoms. The van der Waals surface area contributed by atoms with Crippen LogP contribution in [-0.4, -0.2) is 20.2 Å². The lowest BCUT2D eigenvalue weighted by Crippen LogP contribution is -3.10. The first-order valence-corrected chi connectivity index (χ1v) is 11.0. The Kier molecular flexibility index (Phi) is 6.53. The van der Waals surface area contributed by atoms with Crippen molar-refractivity contribution in [2.45, 2.75) is 64.7 Å². The largest absolute Gasteiger partial charge is 0.318 e. The number of nitrogens with zero attached hydrogens (tertiary/aromatic N) is 4. The van der Waals surface area contributed by atoms with Crippen molar-refractivity contribution < 1.29 is 9.29 Å². The van der Waals surface area contributed by atoms with Gasteiger partial charge in [-0.2, -0.15) is 0 Å². The summed E-state index contributed by atoms with van der Waals surface area (Å²) in [5, 5.41) is 13.0. The van der Waals surface area contributed by atoms with Crippen molar-refractivity contribution in [1.82, 2.24) is 20.2 Å². The molecular weight excluding hydrogens is 377 g/mol. The lowest BCUT2D eigenvalue weighted by atomic mass is 9.99. The van der Waals surface area contributed by atoms with Crippen molar-refractivity contribution in [3.05, 3.63) is 77.4 Å². The number of aromatic nitrogens is 4. The Balaban J connectivity index is 1.68. The number of rotatable bonds is 8. The summed E-state index contributed by atoms with van der Waals surface area (Å²) in [6, 6.07) is 18.0. The van der Waals surface area contributed by atoms with E-state index in [-0.39, 0.29) is 11.9 Å². The monoisotopic (exact) mass is 408 g/mol. The lowest BCUT2D eigenvalue weighted by Gasteiger charge is -2.31. The molecule has 158 valence electrons. The molecule has 2 atom stereocenters. The first-order chi connectivity index (χ1) is 14.6. The maximum absolute atomic E-state index is 13.5. The standard InChI is InChI=1S/C24H30FN5/c1-18(2)23(24-26-27-28-30(24)22-10-6-7-11-22)29(16-19-8-4-3-5-9-19)17-20-12-14-21(25)15-13-20/h3-5,8-9,12-15,18,22-23H,6-7,10-11,16-17H2,1-2H3/p+1/t23-/m0/s1. The van der Waals surface area contributed by atoms with Gasteiger partial charge in [0, 0.05) is 17.0 Å². The van der Waals surface area contributed by atoms with E-state index in [1.807, 2.05) is 18.2 Å². The zero-order valence-electron chi connectivity index (χ0n) is 17.8. The Bertz CT molecular complexity index is 916. The minimum atomic E-state index is -0.200. The van der Waals surface area contributed by atoms with E-state index in [1.54, 1.807) is 12.1 Å². The molecule has 0 radical (unpaired) electrons. The summed E-state index contributed by atoms with van der Waals surface area (Å²) >= 11 is 0. The van der Waals surface area contributed by atoms with Crippen LogP contribution in [0.25, 0.3) is 0 Å². The summed E-state index contributed by atoms with van der Waals surface area (Å²) in [6.45, 7) is 6.14. The number of quaternary nitrogens is 1. The normalized spacial score (nSPS) is 16.8. The third-order valence-corrected chi connectivity index (χ3v) is 6.19. The van der Waals surface area contributed by atoms with Crippen LogP contribution in [0.4, 0.5) is 4.39 Å². The van der Waals surface area contributed by atoms with Gasteiger partial charge in [-0.1, -0.05) is 69.2 Å². The molecule has 3 aromatic rings. The van der Waals surface area contributed by atoms with Crippen LogP contribution in [0.1, 0.15) is 68.6 Å². The number of hydrogen-bond acceptors (Lipinski definition) is 3. The highest BCUT2D eigenvalue weighted by atomic mass is 19.1. The Morgan fingerprint density at radius 2 is 1.60 bits per heavy atom. The van der Waals surface area contributed by atoms with Crippen molar-refractivity contribution in [3.63, 3.8) is 0 Å². The molecule has 1 aliphatic carbocycles. The highest BCUT2D eigenvalue weighted by molar-refractivity contribution is 5.16. The molecule has 5 nitrogen and oxygen atoms in total. The average molecular weight is 409 g/mol. The zero-order valence-corrected chi connectivity index (χ0v) is 17.8. The van der Waals surface area contributed by atoms with Gasteiger partial charge in [0.1, 0.15) is 18.9 Å². The maximum atomic E-state index is 13.5. The van der Waals surface area contributed by atoms with Crippen molar-refractivity contribution in [1.29, 1.82) is 0 Å². The topological polar surface area (TPSA) is 48.0 Å². The van der Waals surface area contributed by atoms with Gasteiger partial charge in [-0.15, -0.1) is 5.10 Å². The van der Waals surface area contributed by atoms with Crippen LogP contribution < -0.4 is 4.90 Å². The van der Waals surface area contributed by atoms with Crippen LogP contribution in [0.15, 0.2) is 54.6 Å². The van der Waals surface area contributed by atoms with Crippen LogP contribution in [0.3, 0.4) is 0 Å². The Morgan fingerprint density at radius 3 is 2.23 bits per heavy atom. The summed E-state index contributed by atoms with van der Waals surface area (Å²) in [5.41, 5.74) is 2.40. The SMILES string of the molecule is CC(C)[C@@H](c1nnnn1C1CCCC1)[NH+](Cc1ccccc1)Cc1ccc(F)cc1. The minimum absolute atomic E-state index is 0.144. The predicted molar refractivity (Wildman–Crippen MR) is 114 cm³/mol. The smallest absolute Gasteiger partial charge is 0.209 e. The molecule has 4 rings (SSSR count). The van der Waals surface area contributed by atoms with Crippen LogP contribution in [0, 0.1) is 11.7 Å². The van der Waals surface area contributed by atoms with Gasteiger partial charge >= 0.3 is 0 Å². The second-order valence-electron chi connectivity index (χ2n) is 8.77. The molecule has 0 spiro atoms. The fourth-order valence-electron chi connectivity index (χ4n) is 4.77. The summed E-state index contributed by atoms with van der Waals surface area (Å²) in [7, 11) is 0. The molecule has 1 aliphatic rings. The molecule has 0 amide bonds. The third-order valence-electron chi connectivity index (χ3n) is 6.19. The molecule has 0 aliphatic heterocycles. The quantitative estimate of drug-likeness (QED) is 0.615. The van der Waals surface area contributed by atoms with Gasteiger partial charge < -0.3 is 4.90 Å². The molecule has 1 unspecified atom stereocenters. The molecule has 0 saturated heterocycles. The summed E-state index contributed by atoms with van der Waals surface area (Å²) in [5.74, 6) is 1.13. The second-order valence-corrected chi connectivity index (χ2v) is 8.77. The van der Waals surface area contributed by atoms with E-state index < -0.39 is 0 Å². The molecule has 1 fully saturated rings. The van der Waals surface area contributed by atoms with Gasteiger partial charge in [0.25, 0.3) is 0 Å². The van der Waals surface area contributed by atoms with E-state index in [1.165, 1.54) is 23.3 Å². The van der Waals surface area contributed by atoms with Gasteiger partial charge in [-0.25, -0.2) is 9.07 Å². The first-order valence-electron chi connectivity index (χ1n) is 11.0. The van der Waals surface area contributed by atoms with Crippen LogP contribution in [0.2, 0.25) is 0 Å². The van der Waals surface area contributed by atoms with Gasteiger partial charge in [0.2, 0.25) is 5.82 Å². The Hall–Kier alpha value is -2.60. The van der Waals surface area contributed by atoms with Gasteiger partial charge in [0.15, 0.2) is 6.04 Å². The molecule has 1 aromatic heterocycles. The molecular formula is C24H31FN5+. The predicted octanol–water partition coefficient (Wildman–Crippen LogP) is 3.91. The van der Waals surface area contributed by atoms with E-state index in [9.17, 15) is 4.39 Å². The van der Waals surface area contributed by atoms with Crippen LogP contribution in [-0.2, 0) is 13.1 Å². The average Bonchev–Trinajstić information content (AvgIpc) is 3.42. The Labute approximate surface area is 177 Å². The van der Waals surface area contributed by atoms with Crippen molar-refractivity contribution >= 4 is 0 Å². The molecule has 0 bridgehead atoms. The van der Waals surface area contributed by atoms with E-state index >= 15 is 0 Å². The molecule has 6 heteroatoms. The first kappa shape index (κ1) is 20.7. The fourth-order valence-corrected chi connectivity index (χ4v) is 4.77. The Morgan fingerprint density at radius 1 is 0.967 bits per heavy atom. The van der Waals surface area contributed by atoms with E-state index in [0.29, 0.717) is 12.0 Å². The lowest BCUT2D eigenvalue weighted by molar-refractivity contribution is -0.962. The fraction of sp³-hybridized carbons (Fsp3) is 0.458. The van der Waals surface area contributed by atoms with Crippen molar-refractivity contribution in [2.24, 2.45) is 5.92 Å². The summed E-state index contributed by atoms with van der Waals surface area (Å²) < 4.78 is 15.6. The van der Waals surface area contributed by atoms with Crippen LogP contribution in [0.5, 0.6) is 0 Å². The number of tetrazole rings is 1. The third kappa shape index (κ3) is 4.75. The number of halogens is 1. The van der Waals surface area contributed by atoms with Gasteiger partial charge in [-0.3, -0.25) is 0 Å². The van der Waals surface area contributed by atoms with Crippen molar-refractivity contribution in [3.8, 4) is 0 Å². The molecule has 1 saturated carbocycles. The number of hydrogen-bond donors (Lipinski definition) is 1. The highest BCUT2D eigenvalue weighted by Gasteiger charge is 2.35. The molecule has 1 heterocycles.